The summed E-state index contributed by atoms with van der Waals surface area (Å²) < 4.78 is 0. The van der Waals surface area contributed by atoms with Crippen molar-refractivity contribution in [2.45, 2.75) is 0 Å². The van der Waals surface area contributed by atoms with E-state index in [1.165, 1.54) is 11.0 Å². The van der Waals surface area contributed by atoms with Crippen LogP contribution in [0.3, 0.4) is 0 Å². The predicted molar refractivity (Wildman–Crippen MR) is 64.8 cm³/mol. The molecular weight excluding hydrogens is 254 g/mol. The van der Waals surface area contributed by atoms with Gasteiger partial charge in [-0.3, -0.25) is 25.0 Å². The van der Waals surface area contributed by atoms with E-state index in [1.54, 1.807) is 12.2 Å². The minimum atomic E-state index is -0.864. The summed E-state index contributed by atoms with van der Waals surface area (Å²) in [5, 5.41) is 21.4. The fourth-order valence-corrected chi connectivity index (χ4v) is 1.78. The second kappa shape index (κ2) is 4.84. The SMILES string of the molecule is O=C(c1ccc([N+](=O)[O-])c([N+](=O)[O-])c1)N1CC=CC1. The normalized spacial score (nSPS) is 13.6. The number of benzene rings is 1. The van der Waals surface area contributed by atoms with Crippen LogP contribution in [0.5, 0.6) is 0 Å². The van der Waals surface area contributed by atoms with E-state index in [0.29, 0.717) is 13.1 Å². The first-order valence-corrected chi connectivity index (χ1v) is 5.38. The molecule has 0 aromatic heterocycles. The highest BCUT2D eigenvalue weighted by atomic mass is 16.6. The summed E-state index contributed by atoms with van der Waals surface area (Å²) in [6, 6.07) is 3.15. The van der Waals surface area contributed by atoms with Gasteiger partial charge in [0.25, 0.3) is 5.91 Å². The van der Waals surface area contributed by atoms with Gasteiger partial charge < -0.3 is 4.90 Å². The van der Waals surface area contributed by atoms with E-state index < -0.39 is 21.2 Å². The highest BCUT2D eigenvalue weighted by molar-refractivity contribution is 5.95. The lowest BCUT2D eigenvalue weighted by atomic mass is 10.1. The quantitative estimate of drug-likeness (QED) is 0.466. The van der Waals surface area contributed by atoms with Gasteiger partial charge >= 0.3 is 11.4 Å². The van der Waals surface area contributed by atoms with E-state index in [4.69, 9.17) is 0 Å². The van der Waals surface area contributed by atoms with Crippen LogP contribution < -0.4 is 0 Å². The Bertz CT molecular complexity index is 588. The van der Waals surface area contributed by atoms with Gasteiger partial charge in [0.15, 0.2) is 0 Å². The average molecular weight is 263 g/mol. The number of hydrogen-bond donors (Lipinski definition) is 0. The van der Waals surface area contributed by atoms with Crippen LogP contribution in [0.25, 0.3) is 0 Å². The average Bonchev–Trinajstić information content (AvgIpc) is 2.90. The van der Waals surface area contributed by atoms with Gasteiger partial charge in [-0.2, -0.15) is 0 Å². The molecule has 8 nitrogen and oxygen atoms in total. The molecule has 0 bridgehead atoms. The molecule has 0 aliphatic carbocycles. The topological polar surface area (TPSA) is 107 Å². The van der Waals surface area contributed by atoms with Crippen molar-refractivity contribution < 1.29 is 14.6 Å². The number of nitrogens with zero attached hydrogens (tertiary/aromatic N) is 3. The summed E-state index contributed by atoms with van der Waals surface area (Å²) in [7, 11) is 0. The number of nitro benzene ring substituents is 2. The van der Waals surface area contributed by atoms with Crippen LogP contribution in [0.4, 0.5) is 11.4 Å². The maximum absolute atomic E-state index is 12.0. The molecule has 1 amide bonds. The lowest BCUT2D eigenvalue weighted by Crippen LogP contribution is -2.28. The minimum absolute atomic E-state index is 0.0704. The van der Waals surface area contributed by atoms with Gasteiger partial charge in [0, 0.05) is 30.8 Å². The molecule has 0 unspecified atom stereocenters. The van der Waals surface area contributed by atoms with E-state index in [2.05, 4.69) is 0 Å². The summed E-state index contributed by atoms with van der Waals surface area (Å²) >= 11 is 0. The van der Waals surface area contributed by atoms with Gasteiger partial charge in [-0.25, -0.2) is 0 Å². The third-order valence-corrected chi connectivity index (χ3v) is 2.72. The van der Waals surface area contributed by atoms with Crippen molar-refractivity contribution in [3.63, 3.8) is 0 Å². The van der Waals surface area contributed by atoms with Crippen molar-refractivity contribution in [1.82, 2.24) is 4.90 Å². The van der Waals surface area contributed by atoms with Crippen LogP contribution in [0.1, 0.15) is 10.4 Å². The first kappa shape index (κ1) is 12.7. The van der Waals surface area contributed by atoms with Crippen LogP contribution >= 0.6 is 0 Å². The largest absolute Gasteiger partial charge is 0.346 e. The molecule has 1 heterocycles. The summed E-state index contributed by atoms with van der Waals surface area (Å²) in [6.45, 7) is 0.868. The number of carbonyl (C=O) groups excluding carboxylic acids is 1. The lowest BCUT2D eigenvalue weighted by molar-refractivity contribution is -0.422. The first-order valence-electron chi connectivity index (χ1n) is 5.38. The van der Waals surface area contributed by atoms with Crippen molar-refractivity contribution >= 4 is 17.3 Å². The zero-order valence-electron chi connectivity index (χ0n) is 9.68. The lowest BCUT2D eigenvalue weighted by Gasteiger charge is -2.14. The molecule has 0 radical (unpaired) electrons. The molecule has 0 spiro atoms. The van der Waals surface area contributed by atoms with Crippen LogP contribution in [-0.4, -0.2) is 33.7 Å². The molecule has 0 N–H and O–H groups in total. The molecular formula is C11H9N3O5. The fraction of sp³-hybridized carbons (Fsp3) is 0.182. The molecule has 0 saturated heterocycles. The van der Waals surface area contributed by atoms with Crippen LogP contribution in [0, 0.1) is 20.2 Å². The van der Waals surface area contributed by atoms with Crippen LogP contribution in [-0.2, 0) is 0 Å². The standard InChI is InChI=1S/C11H9N3O5/c15-11(12-5-1-2-6-12)8-3-4-9(13(16)17)10(7-8)14(18)19/h1-4,7H,5-6H2. The van der Waals surface area contributed by atoms with Gasteiger partial charge in [0.1, 0.15) is 0 Å². The fourth-order valence-electron chi connectivity index (χ4n) is 1.78. The van der Waals surface area contributed by atoms with E-state index in [0.717, 1.165) is 12.1 Å². The van der Waals surface area contributed by atoms with Crippen LogP contribution in [0.15, 0.2) is 30.4 Å². The smallest absolute Gasteiger partial charge is 0.331 e. The van der Waals surface area contributed by atoms with Crippen molar-refractivity contribution in [2.75, 3.05) is 13.1 Å². The molecule has 0 fully saturated rings. The van der Waals surface area contributed by atoms with Gasteiger partial charge in [-0.1, -0.05) is 12.2 Å². The van der Waals surface area contributed by atoms with E-state index in [9.17, 15) is 25.0 Å². The monoisotopic (exact) mass is 263 g/mol. The van der Waals surface area contributed by atoms with E-state index in [1.807, 2.05) is 0 Å². The van der Waals surface area contributed by atoms with E-state index in [-0.39, 0.29) is 11.5 Å². The molecule has 1 aromatic carbocycles. The minimum Gasteiger partial charge on any atom is -0.331 e. The highest BCUT2D eigenvalue weighted by Gasteiger charge is 2.27. The zero-order valence-corrected chi connectivity index (χ0v) is 9.68. The van der Waals surface area contributed by atoms with Crippen molar-refractivity contribution in [3.05, 3.63) is 56.1 Å². The molecule has 2 rings (SSSR count). The molecule has 19 heavy (non-hydrogen) atoms. The maximum Gasteiger partial charge on any atom is 0.346 e. The van der Waals surface area contributed by atoms with Gasteiger partial charge in [0.05, 0.1) is 9.85 Å². The summed E-state index contributed by atoms with van der Waals surface area (Å²) in [5.41, 5.74) is -1.23. The third-order valence-electron chi connectivity index (χ3n) is 2.72. The highest BCUT2D eigenvalue weighted by Crippen LogP contribution is 2.28. The Hall–Kier alpha value is -2.77. The van der Waals surface area contributed by atoms with Crippen molar-refractivity contribution in [3.8, 4) is 0 Å². The van der Waals surface area contributed by atoms with Gasteiger partial charge in [-0.15, -0.1) is 0 Å². The Labute approximate surface area is 107 Å². The summed E-state index contributed by atoms with van der Waals surface area (Å²) in [5.74, 6) is -0.386. The summed E-state index contributed by atoms with van der Waals surface area (Å²) in [6.07, 6.45) is 3.61. The van der Waals surface area contributed by atoms with Crippen molar-refractivity contribution in [2.24, 2.45) is 0 Å². The second-order valence-corrected chi connectivity index (χ2v) is 3.90. The molecule has 1 aliphatic heterocycles. The maximum atomic E-state index is 12.0. The summed E-state index contributed by atoms with van der Waals surface area (Å²) in [4.78, 5) is 33.2. The molecule has 0 atom stereocenters. The third kappa shape index (κ3) is 2.41. The Morgan fingerprint density at radius 3 is 2.16 bits per heavy atom. The number of amides is 1. The zero-order chi connectivity index (χ0) is 14.0. The van der Waals surface area contributed by atoms with Gasteiger partial charge in [0.2, 0.25) is 0 Å². The van der Waals surface area contributed by atoms with Crippen LogP contribution in [0.2, 0.25) is 0 Å². The second-order valence-electron chi connectivity index (χ2n) is 3.90. The number of carbonyl (C=O) groups is 1. The van der Waals surface area contributed by atoms with E-state index >= 15 is 0 Å². The molecule has 1 aliphatic rings. The predicted octanol–water partition coefficient (Wildman–Crippen LogP) is 1.51. The molecule has 0 saturated carbocycles. The Kier molecular flexibility index (Phi) is 3.23. The molecule has 98 valence electrons. The Morgan fingerprint density at radius 1 is 1.05 bits per heavy atom. The Balaban J connectivity index is 2.37. The van der Waals surface area contributed by atoms with Crippen molar-refractivity contribution in [1.29, 1.82) is 0 Å². The Morgan fingerprint density at radius 2 is 1.63 bits per heavy atom. The number of hydrogen-bond acceptors (Lipinski definition) is 5. The molecule has 8 heteroatoms. The number of rotatable bonds is 3. The first-order chi connectivity index (χ1) is 9.00. The van der Waals surface area contributed by atoms with Gasteiger partial charge in [-0.05, 0) is 6.07 Å². The number of nitro groups is 2. The molecule has 1 aromatic rings.